The van der Waals surface area contributed by atoms with Crippen molar-refractivity contribution in [3.8, 4) is 0 Å². The predicted octanol–water partition coefficient (Wildman–Crippen LogP) is 4.06. The molecule has 0 spiro atoms. The Morgan fingerprint density at radius 1 is 1.06 bits per heavy atom. The van der Waals surface area contributed by atoms with Gasteiger partial charge in [-0.25, -0.2) is 0 Å². The summed E-state index contributed by atoms with van der Waals surface area (Å²) in [4.78, 5) is 39.0. The third-order valence-corrected chi connectivity index (χ3v) is 6.03. The molecule has 2 aromatic carbocycles. The number of carbonyl (C=O) groups is 2. The van der Waals surface area contributed by atoms with Crippen LogP contribution in [0.3, 0.4) is 0 Å². The normalized spacial score (nSPS) is 14.8. The minimum atomic E-state index is -0.494. The zero-order valence-corrected chi connectivity index (χ0v) is 18.6. The molecule has 1 heterocycles. The molecule has 8 nitrogen and oxygen atoms in total. The lowest BCUT2D eigenvalue weighted by Crippen LogP contribution is -2.48. The van der Waals surface area contributed by atoms with E-state index in [1.807, 2.05) is 4.90 Å². The Morgan fingerprint density at radius 2 is 1.74 bits per heavy atom. The molecular weight excluding hydrogens is 443 g/mol. The number of anilines is 1. The molecule has 0 unspecified atom stereocenters. The highest BCUT2D eigenvalue weighted by molar-refractivity contribution is 6.42. The van der Waals surface area contributed by atoms with Crippen LogP contribution >= 0.6 is 23.2 Å². The lowest BCUT2D eigenvalue weighted by atomic mass is 10.1. The number of hydrogen-bond donors (Lipinski definition) is 1. The maximum absolute atomic E-state index is 12.7. The van der Waals surface area contributed by atoms with E-state index in [9.17, 15) is 19.7 Å². The van der Waals surface area contributed by atoms with Gasteiger partial charge >= 0.3 is 0 Å². The van der Waals surface area contributed by atoms with Gasteiger partial charge in [-0.3, -0.25) is 19.7 Å². The number of carbonyl (C=O) groups excluding carboxylic acids is 2. The van der Waals surface area contributed by atoms with Crippen LogP contribution < -0.4 is 10.2 Å². The van der Waals surface area contributed by atoms with Crippen molar-refractivity contribution in [1.82, 2.24) is 10.2 Å². The van der Waals surface area contributed by atoms with Crippen molar-refractivity contribution < 1.29 is 14.5 Å². The van der Waals surface area contributed by atoms with Crippen LogP contribution in [0.4, 0.5) is 11.4 Å². The van der Waals surface area contributed by atoms with E-state index in [4.69, 9.17) is 23.2 Å². The molecule has 1 atom stereocenters. The molecule has 164 valence electrons. The fraction of sp³-hybridized carbons (Fsp3) is 0.333. The number of halogens is 2. The van der Waals surface area contributed by atoms with Gasteiger partial charge in [-0.1, -0.05) is 29.3 Å². The van der Waals surface area contributed by atoms with Gasteiger partial charge in [-0.15, -0.1) is 0 Å². The molecule has 0 bridgehead atoms. The lowest BCUT2D eigenvalue weighted by molar-refractivity contribution is -0.384. The van der Waals surface area contributed by atoms with E-state index in [0.29, 0.717) is 41.9 Å². The van der Waals surface area contributed by atoms with Crippen LogP contribution in [0, 0.1) is 10.1 Å². The Morgan fingerprint density at radius 3 is 2.32 bits per heavy atom. The number of hydrogen-bond acceptors (Lipinski definition) is 5. The van der Waals surface area contributed by atoms with E-state index in [2.05, 4.69) is 5.32 Å². The molecule has 0 aliphatic carbocycles. The topological polar surface area (TPSA) is 95.8 Å². The van der Waals surface area contributed by atoms with Crippen LogP contribution in [0.15, 0.2) is 36.4 Å². The van der Waals surface area contributed by atoms with Crippen molar-refractivity contribution >= 4 is 46.4 Å². The monoisotopic (exact) mass is 464 g/mol. The lowest BCUT2D eigenvalue weighted by Gasteiger charge is -2.35. The SMILES string of the molecule is CC(=O)N1CCN(c2ccc(C(=O)N[C@H](C)c3ccc(Cl)c(Cl)c3)cc2[N+](=O)[O-])CC1. The summed E-state index contributed by atoms with van der Waals surface area (Å²) in [6.45, 7) is 5.26. The highest BCUT2D eigenvalue weighted by Crippen LogP contribution is 2.31. The number of rotatable bonds is 5. The first kappa shape index (κ1) is 22.8. The number of nitro benzene ring substituents is 1. The smallest absolute Gasteiger partial charge is 0.293 e. The van der Waals surface area contributed by atoms with E-state index in [-0.39, 0.29) is 23.2 Å². The van der Waals surface area contributed by atoms with Crippen molar-refractivity contribution in [1.29, 1.82) is 0 Å². The molecule has 0 radical (unpaired) electrons. The predicted molar refractivity (Wildman–Crippen MR) is 120 cm³/mol. The molecular formula is C21H22Cl2N4O4. The molecule has 2 amide bonds. The zero-order valence-electron chi connectivity index (χ0n) is 17.1. The van der Waals surface area contributed by atoms with Crippen LogP contribution in [0.25, 0.3) is 0 Å². The average molecular weight is 465 g/mol. The fourth-order valence-electron chi connectivity index (χ4n) is 3.49. The molecule has 1 aliphatic rings. The Balaban J connectivity index is 1.77. The molecule has 1 N–H and O–H groups in total. The third-order valence-electron chi connectivity index (χ3n) is 5.29. The van der Waals surface area contributed by atoms with Gasteiger partial charge in [-0.2, -0.15) is 0 Å². The molecule has 10 heteroatoms. The van der Waals surface area contributed by atoms with E-state index < -0.39 is 10.8 Å². The minimum Gasteiger partial charge on any atom is -0.362 e. The van der Waals surface area contributed by atoms with E-state index in [1.54, 1.807) is 42.2 Å². The Kier molecular flexibility index (Phi) is 7.02. The quantitative estimate of drug-likeness (QED) is 0.531. The maximum Gasteiger partial charge on any atom is 0.293 e. The van der Waals surface area contributed by atoms with E-state index >= 15 is 0 Å². The third kappa shape index (κ3) is 5.26. The standard InChI is InChI=1S/C21H22Cl2N4O4/c1-13(15-3-5-17(22)18(23)11-15)24-21(29)16-4-6-19(20(12-16)27(30)31)26-9-7-25(8-10-26)14(2)28/h3-6,11-13H,7-10H2,1-2H3,(H,24,29)/t13-/m1/s1. The van der Waals surface area contributed by atoms with Gasteiger partial charge in [0, 0.05) is 44.7 Å². The van der Waals surface area contributed by atoms with Gasteiger partial charge in [0.1, 0.15) is 5.69 Å². The van der Waals surface area contributed by atoms with Gasteiger partial charge < -0.3 is 15.1 Å². The summed E-state index contributed by atoms with van der Waals surface area (Å²) < 4.78 is 0. The van der Waals surface area contributed by atoms with Crippen LogP contribution in [0.5, 0.6) is 0 Å². The molecule has 1 fully saturated rings. The van der Waals surface area contributed by atoms with Gasteiger partial charge in [0.15, 0.2) is 0 Å². The fourth-order valence-corrected chi connectivity index (χ4v) is 3.79. The summed E-state index contributed by atoms with van der Waals surface area (Å²) in [6.07, 6.45) is 0. The van der Waals surface area contributed by atoms with E-state index in [1.165, 1.54) is 13.0 Å². The summed E-state index contributed by atoms with van der Waals surface area (Å²) in [6, 6.07) is 9.13. The highest BCUT2D eigenvalue weighted by Gasteiger charge is 2.26. The van der Waals surface area contributed by atoms with Crippen molar-refractivity contribution in [3.63, 3.8) is 0 Å². The Labute approximate surface area is 189 Å². The number of nitro groups is 1. The van der Waals surface area contributed by atoms with Gasteiger partial charge in [0.25, 0.3) is 11.6 Å². The number of nitrogens with zero attached hydrogens (tertiary/aromatic N) is 3. The second kappa shape index (κ2) is 9.53. The molecule has 2 aromatic rings. The Bertz CT molecular complexity index is 1020. The summed E-state index contributed by atoms with van der Waals surface area (Å²) in [5.41, 5.74) is 1.23. The summed E-state index contributed by atoms with van der Waals surface area (Å²) in [7, 11) is 0. The van der Waals surface area contributed by atoms with Crippen LogP contribution in [0.1, 0.15) is 35.8 Å². The van der Waals surface area contributed by atoms with Crippen LogP contribution in [-0.4, -0.2) is 47.8 Å². The molecule has 3 rings (SSSR count). The first-order chi connectivity index (χ1) is 14.7. The van der Waals surface area contributed by atoms with Crippen molar-refractivity contribution in [2.75, 3.05) is 31.1 Å². The largest absolute Gasteiger partial charge is 0.362 e. The van der Waals surface area contributed by atoms with Crippen LogP contribution in [0.2, 0.25) is 10.0 Å². The van der Waals surface area contributed by atoms with Crippen LogP contribution in [-0.2, 0) is 4.79 Å². The Hall–Kier alpha value is -2.84. The summed E-state index contributed by atoms with van der Waals surface area (Å²) in [5.74, 6) is -0.452. The van der Waals surface area contributed by atoms with Gasteiger partial charge in [-0.05, 0) is 36.8 Å². The van der Waals surface area contributed by atoms with Crippen molar-refractivity contribution in [3.05, 3.63) is 67.7 Å². The number of amides is 2. The molecule has 1 saturated heterocycles. The molecule has 0 saturated carbocycles. The first-order valence-corrected chi connectivity index (χ1v) is 10.5. The molecule has 31 heavy (non-hydrogen) atoms. The van der Waals surface area contributed by atoms with Crippen molar-refractivity contribution in [2.45, 2.75) is 19.9 Å². The number of benzene rings is 2. The van der Waals surface area contributed by atoms with Gasteiger partial charge in [0.2, 0.25) is 5.91 Å². The molecule has 1 aliphatic heterocycles. The van der Waals surface area contributed by atoms with Crippen molar-refractivity contribution in [2.24, 2.45) is 0 Å². The summed E-state index contributed by atoms with van der Waals surface area (Å²) in [5, 5.41) is 15.3. The highest BCUT2D eigenvalue weighted by atomic mass is 35.5. The summed E-state index contributed by atoms with van der Waals surface area (Å²) >= 11 is 12.0. The number of piperazine rings is 1. The van der Waals surface area contributed by atoms with E-state index in [0.717, 1.165) is 5.56 Å². The minimum absolute atomic E-state index is 0.0164. The molecule has 0 aromatic heterocycles. The first-order valence-electron chi connectivity index (χ1n) is 9.72. The second-order valence-electron chi connectivity index (χ2n) is 7.32. The zero-order chi connectivity index (χ0) is 22.7. The number of nitrogens with one attached hydrogen (secondary N) is 1. The average Bonchev–Trinajstić information content (AvgIpc) is 2.75. The second-order valence-corrected chi connectivity index (χ2v) is 8.14. The maximum atomic E-state index is 12.7. The van der Waals surface area contributed by atoms with Gasteiger partial charge in [0.05, 0.1) is 21.0 Å².